The van der Waals surface area contributed by atoms with Gasteiger partial charge in [0.05, 0.1) is 6.07 Å². The molecule has 1 aromatic heterocycles. The smallest absolute Gasteiger partial charge is 0.133 e. The lowest BCUT2D eigenvalue weighted by atomic mass is 10.2. The van der Waals surface area contributed by atoms with E-state index in [0.29, 0.717) is 6.04 Å². The van der Waals surface area contributed by atoms with Gasteiger partial charge in [-0.15, -0.1) is 11.3 Å². The summed E-state index contributed by atoms with van der Waals surface area (Å²) in [6.45, 7) is 1.94. The molecule has 1 aliphatic carbocycles. The van der Waals surface area contributed by atoms with Crippen LogP contribution >= 0.6 is 11.3 Å². The molecule has 1 heterocycles. The Kier molecular flexibility index (Phi) is 2.60. The Balaban J connectivity index is 2.09. The number of aliphatic imine (C=N–C) groups is 1. The summed E-state index contributed by atoms with van der Waals surface area (Å²) in [6, 6.07) is 2.69. The summed E-state index contributed by atoms with van der Waals surface area (Å²) >= 11 is 1.53. The van der Waals surface area contributed by atoms with Gasteiger partial charge in [0.2, 0.25) is 0 Å². The molecule has 1 fully saturated rings. The highest BCUT2D eigenvalue weighted by Crippen LogP contribution is 2.24. The minimum Gasteiger partial charge on any atom is -0.292 e. The van der Waals surface area contributed by atoms with Crippen molar-refractivity contribution >= 4 is 17.6 Å². The van der Waals surface area contributed by atoms with Crippen LogP contribution in [0.1, 0.15) is 29.5 Å². The van der Waals surface area contributed by atoms with E-state index < -0.39 is 0 Å². The number of hydrogen-bond acceptors (Lipinski definition) is 4. The molecule has 3 nitrogen and oxygen atoms in total. The molecular weight excluding hydrogens is 194 g/mol. The van der Waals surface area contributed by atoms with Gasteiger partial charge in [-0.3, -0.25) is 4.99 Å². The summed E-state index contributed by atoms with van der Waals surface area (Å²) in [7, 11) is 0. The third-order valence-corrected chi connectivity index (χ3v) is 3.08. The number of aryl methyl sites for hydroxylation is 1. The van der Waals surface area contributed by atoms with Gasteiger partial charge >= 0.3 is 0 Å². The van der Waals surface area contributed by atoms with Crippen LogP contribution in [0.5, 0.6) is 0 Å². The van der Waals surface area contributed by atoms with E-state index in [-0.39, 0.29) is 5.92 Å². The van der Waals surface area contributed by atoms with Crippen LogP contribution in [-0.2, 0) is 0 Å². The van der Waals surface area contributed by atoms with Gasteiger partial charge in [-0.25, -0.2) is 4.98 Å². The van der Waals surface area contributed by atoms with E-state index in [1.807, 2.05) is 12.3 Å². The predicted octanol–water partition coefficient (Wildman–Crippen LogP) is 2.29. The third kappa shape index (κ3) is 2.18. The van der Waals surface area contributed by atoms with Crippen molar-refractivity contribution in [3.05, 3.63) is 16.1 Å². The van der Waals surface area contributed by atoms with Gasteiger partial charge in [-0.05, 0) is 19.8 Å². The van der Waals surface area contributed by atoms with Crippen molar-refractivity contribution < 1.29 is 0 Å². The van der Waals surface area contributed by atoms with Crippen LogP contribution in [0.3, 0.4) is 0 Å². The molecule has 72 valence electrons. The molecule has 14 heavy (non-hydrogen) atoms. The topological polar surface area (TPSA) is 49.0 Å². The van der Waals surface area contributed by atoms with E-state index in [1.165, 1.54) is 24.2 Å². The van der Waals surface area contributed by atoms with Crippen LogP contribution in [0.15, 0.2) is 10.4 Å². The molecule has 0 aromatic carbocycles. The lowest BCUT2D eigenvalue weighted by Crippen LogP contribution is -1.97. The highest BCUT2D eigenvalue weighted by Gasteiger charge is 2.20. The summed E-state index contributed by atoms with van der Waals surface area (Å²) in [5.74, 6) is -0.255. The first kappa shape index (κ1) is 9.35. The molecule has 1 aliphatic rings. The molecule has 4 heteroatoms. The van der Waals surface area contributed by atoms with E-state index in [4.69, 9.17) is 5.26 Å². The van der Waals surface area contributed by atoms with Crippen LogP contribution < -0.4 is 0 Å². The Morgan fingerprint density at radius 2 is 2.57 bits per heavy atom. The van der Waals surface area contributed by atoms with Gasteiger partial charge in [-0.2, -0.15) is 5.26 Å². The SMILES string of the molecule is Cc1csc([C@H](C#N)C=NC2CC2)n1. The minimum atomic E-state index is -0.255. The fraction of sp³-hybridized carbons (Fsp3) is 0.500. The van der Waals surface area contributed by atoms with Gasteiger partial charge < -0.3 is 0 Å². The van der Waals surface area contributed by atoms with E-state index in [2.05, 4.69) is 16.0 Å². The maximum atomic E-state index is 8.95. The van der Waals surface area contributed by atoms with Crippen molar-refractivity contribution in [2.24, 2.45) is 4.99 Å². The average molecular weight is 205 g/mol. The molecule has 0 unspecified atom stereocenters. The number of aromatic nitrogens is 1. The van der Waals surface area contributed by atoms with E-state index >= 15 is 0 Å². The van der Waals surface area contributed by atoms with Crippen molar-refractivity contribution in [1.29, 1.82) is 5.26 Å². The standard InChI is InChI=1S/C10H11N3S/c1-7-6-14-10(13-7)8(4-11)5-12-9-2-3-9/h5-6,8-9H,2-3H2,1H3/t8-/m1/s1. The van der Waals surface area contributed by atoms with Crippen molar-refractivity contribution in [2.75, 3.05) is 0 Å². The van der Waals surface area contributed by atoms with Crippen LogP contribution in [0, 0.1) is 18.3 Å². The van der Waals surface area contributed by atoms with Crippen molar-refractivity contribution in [1.82, 2.24) is 4.98 Å². The summed E-state index contributed by atoms with van der Waals surface area (Å²) in [6.07, 6.45) is 4.09. The molecular formula is C10H11N3S. The van der Waals surface area contributed by atoms with Crippen LogP contribution in [0.25, 0.3) is 0 Å². The largest absolute Gasteiger partial charge is 0.292 e. The van der Waals surface area contributed by atoms with E-state index in [1.54, 1.807) is 6.21 Å². The van der Waals surface area contributed by atoms with Crippen molar-refractivity contribution in [3.63, 3.8) is 0 Å². The first-order valence-electron chi connectivity index (χ1n) is 4.64. The minimum absolute atomic E-state index is 0.255. The van der Waals surface area contributed by atoms with Gasteiger partial charge in [0.15, 0.2) is 0 Å². The Morgan fingerprint density at radius 3 is 3.07 bits per heavy atom. The monoisotopic (exact) mass is 205 g/mol. The van der Waals surface area contributed by atoms with Crippen molar-refractivity contribution in [3.8, 4) is 6.07 Å². The Labute approximate surface area is 87.1 Å². The number of hydrogen-bond donors (Lipinski definition) is 0. The molecule has 0 amide bonds. The Bertz CT molecular complexity index is 384. The highest BCUT2D eigenvalue weighted by molar-refractivity contribution is 7.09. The van der Waals surface area contributed by atoms with E-state index in [0.717, 1.165) is 10.7 Å². The zero-order chi connectivity index (χ0) is 9.97. The van der Waals surface area contributed by atoms with E-state index in [9.17, 15) is 0 Å². The second-order valence-corrected chi connectivity index (χ2v) is 4.35. The highest BCUT2D eigenvalue weighted by atomic mass is 32.1. The normalized spacial score (nSPS) is 18.3. The molecule has 1 aromatic rings. The number of rotatable bonds is 3. The number of nitriles is 1. The predicted molar refractivity (Wildman–Crippen MR) is 56.7 cm³/mol. The molecule has 0 N–H and O–H groups in total. The lowest BCUT2D eigenvalue weighted by molar-refractivity contribution is 1.03. The molecule has 2 rings (SSSR count). The first-order valence-corrected chi connectivity index (χ1v) is 5.52. The molecule has 0 bridgehead atoms. The maximum Gasteiger partial charge on any atom is 0.133 e. The first-order chi connectivity index (χ1) is 6.79. The summed E-state index contributed by atoms with van der Waals surface area (Å²) < 4.78 is 0. The maximum absolute atomic E-state index is 8.95. The number of nitrogens with zero attached hydrogens (tertiary/aromatic N) is 3. The average Bonchev–Trinajstić information content (AvgIpc) is 2.90. The fourth-order valence-corrected chi connectivity index (χ4v) is 1.90. The van der Waals surface area contributed by atoms with Gasteiger partial charge in [0.1, 0.15) is 10.9 Å². The molecule has 0 aliphatic heterocycles. The van der Waals surface area contributed by atoms with Gasteiger partial charge in [0, 0.05) is 23.3 Å². The molecule has 1 saturated carbocycles. The second kappa shape index (κ2) is 3.89. The lowest BCUT2D eigenvalue weighted by Gasteiger charge is -1.96. The van der Waals surface area contributed by atoms with Crippen molar-refractivity contribution in [2.45, 2.75) is 31.7 Å². The van der Waals surface area contributed by atoms with Crippen LogP contribution in [0.4, 0.5) is 0 Å². The van der Waals surface area contributed by atoms with Crippen LogP contribution in [0.2, 0.25) is 0 Å². The quantitative estimate of drug-likeness (QED) is 0.711. The van der Waals surface area contributed by atoms with Crippen LogP contribution in [-0.4, -0.2) is 17.2 Å². The van der Waals surface area contributed by atoms with Gasteiger partial charge in [0.25, 0.3) is 0 Å². The Morgan fingerprint density at radius 1 is 1.79 bits per heavy atom. The zero-order valence-electron chi connectivity index (χ0n) is 7.97. The second-order valence-electron chi connectivity index (χ2n) is 3.46. The third-order valence-electron chi connectivity index (χ3n) is 2.03. The molecule has 0 spiro atoms. The summed E-state index contributed by atoms with van der Waals surface area (Å²) in [4.78, 5) is 8.60. The zero-order valence-corrected chi connectivity index (χ0v) is 8.79. The molecule has 0 saturated heterocycles. The molecule has 1 atom stereocenters. The van der Waals surface area contributed by atoms with Gasteiger partial charge in [-0.1, -0.05) is 0 Å². The Hall–Kier alpha value is -1.21. The fourth-order valence-electron chi connectivity index (χ4n) is 1.10. The summed E-state index contributed by atoms with van der Waals surface area (Å²) in [5, 5.41) is 11.8. The summed E-state index contributed by atoms with van der Waals surface area (Å²) in [5.41, 5.74) is 0.977. The molecule has 0 radical (unpaired) electrons. The number of thiazole rings is 1.